The van der Waals surface area contributed by atoms with Gasteiger partial charge in [0, 0.05) is 5.56 Å². The van der Waals surface area contributed by atoms with Crippen LogP contribution < -0.4 is 5.43 Å². The predicted molar refractivity (Wildman–Crippen MR) is 90.0 cm³/mol. The first-order valence-electron chi connectivity index (χ1n) is 7.39. The number of amides is 1. The van der Waals surface area contributed by atoms with E-state index in [-0.39, 0.29) is 5.91 Å². The first-order valence-corrected chi connectivity index (χ1v) is 7.39. The first kappa shape index (κ1) is 15.5. The zero-order chi connectivity index (χ0) is 16.9. The van der Waals surface area contributed by atoms with Gasteiger partial charge in [-0.15, -0.1) is 5.10 Å². The lowest BCUT2D eigenvalue weighted by Gasteiger charge is -2.06. The van der Waals surface area contributed by atoms with E-state index in [9.17, 15) is 4.79 Å². The molecule has 24 heavy (non-hydrogen) atoms. The van der Waals surface area contributed by atoms with Crippen LogP contribution in [0.5, 0.6) is 0 Å². The van der Waals surface area contributed by atoms with Crippen molar-refractivity contribution in [1.29, 1.82) is 0 Å². The van der Waals surface area contributed by atoms with Gasteiger partial charge in [-0.3, -0.25) is 4.79 Å². The SMILES string of the molecule is C/C(=N/NC(=O)c1ccccc1C)c1cccc(-n2cnnn2)c1. The molecule has 1 aromatic heterocycles. The molecule has 1 heterocycles. The molecule has 0 fully saturated rings. The summed E-state index contributed by atoms with van der Waals surface area (Å²) in [5, 5.41) is 15.3. The highest BCUT2D eigenvalue weighted by Crippen LogP contribution is 2.10. The first-order chi connectivity index (χ1) is 11.6. The average molecular weight is 320 g/mol. The molecule has 0 radical (unpaired) electrons. The van der Waals surface area contributed by atoms with Crippen LogP contribution in [0.15, 0.2) is 60.0 Å². The summed E-state index contributed by atoms with van der Waals surface area (Å²) in [6, 6.07) is 15.0. The molecular weight excluding hydrogens is 304 g/mol. The fraction of sp³-hybridized carbons (Fsp3) is 0.118. The van der Waals surface area contributed by atoms with E-state index in [4.69, 9.17) is 0 Å². The molecule has 0 saturated carbocycles. The maximum atomic E-state index is 12.2. The van der Waals surface area contributed by atoms with Gasteiger partial charge in [0.2, 0.25) is 0 Å². The monoisotopic (exact) mass is 320 g/mol. The van der Waals surface area contributed by atoms with Gasteiger partial charge in [-0.1, -0.05) is 30.3 Å². The fourth-order valence-electron chi connectivity index (χ4n) is 2.24. The van der Waals surface area contributed by atoms with Crippen molar-refractivity contribution < 1.29 is 4.79 Å². The number of carbonyl (C=O) groups excluding carboxylic acids is 1. The van der Waals surface area contributed by atoms with Gasteiger partial charge in [0.25, 0.3) is 5.91 Å². The Morgan fingerprint density at radius 1 is 1.17 bits per heavy atom. The van der Waals surface area contributed by atoms with Gasteiger partial charge < -0.3 is 0 Å². The van der Waals surface area contributed by atoms with E-state index in [1.807, 2.05) is 56.3 Å². The zero-order valence-electron chi connectivity index (χ0n) is 13.3. The summed E-state index contributed by atoms with van der Waals surface area (Å²) in [7, 11) is 0. The largest absolute Gasteiger partial charge is 0.271 e. The maximum absolute atomic E-state index is 12.2. The third kappa shape index (κ3) is 3.35. The molecule has 7 heteroatoms. The average Bonchev–Trinajstić information content (AvgIpc) is 3.14. The third-order valence-corrected chi connectivity index (χ3v) is 3.59. The van der Waals surface area contributed by atoms with Crippen LogP contribution in [-0.4, -0.2) is 31.8 Å². The Balaban J connectivity index is 1.78. The van der Waals surface area contributed by atoms with Crippen molar-refractivity contribution in [2.45, 2.75) is 13.8 Å². The molecule has 120 valence electrons. The lowest BCUT2D eigenvalue weighted by Crippen LogP contribution is -2.20. The number of benzene rings is 2. The van der Waals surface area contributed by atoms with Crippen LogP contribution >= 0.6 is 0 Å². The molecule has 0 unspecified atom stereocenters. The molecule has 0 atom stereocenters. The van der Waals surface area contributed by atoms with Crippen LogP contribution in [0.3, 0.4) is 0 Å². The minimum absolute atomic E-state index is 0.232. The highest BCUT2D eigenvalue weighted by molar-refractivity contribution is 6.01. The van der Waals surface area contributed by atoms with Gasteiger partial charge in [0.05, 0.1) is 11.4 Å². The maximum Gasteiger partial charge on any atom is 0.271 e. The van der Waals surface area contributed by atoms with E-state index in [0.717, 1.165) is 16.8 Å². The lowest BCUT2D eigenvalue weighted by atomic mass is 10.1. The number of hydrogen-bond donors (Lipinski definition) is 1. The Bertz CT molecular complexity index is 886. The lowest BCUT2D eigenvalue weighted by molar-refractivity contribution is 0.0954. The van der Waals surface area contributed by atoms with Gasteiger partial charge in [-0.05, 0) is 53.6 Å². The Labute approximate surface area is 139 Å². The molecule has 1 N–H and O–H groups in total. The van der Waals surface area contributed by atoms with Crippen molar-refractivity contribution in [3.63, 3.8) is 0 Å². The van der Waals surface area contributed by atoms with Crippen molar-refractivity contribution in [2.75, 3.05) is 0 Å². The molecular formula is C17H16N6O. The van der Waals surface area contributed by atoms with Crippen LogP contribution in [0.25, 0.3) is 5.69 Å². The van der Waals surface area contributed by atoms with E-state index >= 15 is 0 Å². The number of nitrogens with one attached hydrogen (secondary N) is 1. The smallest absolute Gasteiger partial charge is 0.267 e. The summed E-state index contributed by atoms with van der Waals surface area (Å²) < 4.78 is 1.56. The van der Waals surface area contributed by atoms with Crippen LogP contribution in [0.4, 0.5) is 0 Å². The third-order valence-electron chi connectivity index (χ3n) is 3.59. The molecule has 0 bridgehead atoms. The quantitative estimate of drug-likeness (QED) is 0.589. The highest BCUT2D eigenvalue weighted by Gasteiger charge is 2.08. The Morgan fingerprint density at radius 2 is 2.00 bits per heavy atom. The Kier molecular flexibility index (Phi) is 4.42. The van der Waals surface area contributed by atoms with Crippen LogP contribution in [0, 0.1) is 6.92 Å². The molecule has 2 aromatic carbocycles. The molecule has 0 spiro atoms. The zero-order valence-corrected chi connectivity index (χ0v) is 13.3. The van der Waals surface area contributed by atoms with Gasteiger partial charge >= 0.3 is 0 Å². The summed E-state index contributed by atoms with van der Waals surface area (Å²) >= 11 is 0. The molecule has 7 nitrogen and oxygen atoms in total. The summed E-state index contributed by atoms with van der Waals surface area (Å²) in [6.07, 6.45) is 1.52. The number of aromatic nitrogens is 4. The summed E-state index contributed by atoms with van der Waals surface area (Å²) in [4.78, 5) is 12.2. The number of tetrazole rings is 1. The summed E-state index contributed by atoms with van der Waals surface area (Å²) in [5.41, 5.74) is 6.48. The van der Waals surface area contributed by atoms with Crippen molar-refractivity contribution in [3.05, 3.63) is 71.5 Å². The minimum atomic E-state index is -0.232. The van der Waals surface area contributed by atoms with Gasteiger partial charge in [0.1, 0.15) is 6.33 Å². The normalized spacial score (nSPS) is 11.3. The van der Waals surface area contributed by atoms with Crippen molar-refractivity contribution in [3.8, 4) is 5.69 Å². The second-order valence-electron chi connectivity index (χ2n) is 5.26. The van der Waals surface area contributed by atoms with Crippen molar-refractivity contribution in [2.24, 2.45) is 5.10 Å². The fourth-order valence-corrected chi connectivity index (χ4v) is 2.24. The van der Waals surface area contributed by atoms with Gasteiger partial charge in [-0.2, -0.15) is 5.10 Å². The number of aryl methyl sites for hydroxylation is 1. The summed E-state index contributed by atoms with van der Waals surface area (Å²) in [6.45, 7) is 3.72. The van der Waals surface area contributed by atoms with Gasteiger partial charge in [-0.25, -0.2) is 10.1 Å². The standard InChI is InChI=1S/C17H16N6O/c1-12-6-3-4-9-16(12)17(24)20-19-13(2)14-7-5-8-15(10-14)23-11-18-21-22-23/h3-11H,1-2H3,(H,20,24)/b19-13-. The van der Waals surface area contributed by atoms with Crippen LogP contribution in [-0.2, 0) is 0 Å². The van der Waals surface area contributed by atoms with E-state index < -0.39 is 0 Å². The van der Waals surface area contributed by atoms with E-state index in [2.05, 4.69) is 26.1 Å². The Morgan fingerprint density at radius 3 is 2.75 bits per heavy atom. The van der Waals surface area contributed by atoms with Crippen molar-refractivity contribution >= 4 is 11.6 Å². The number of hydrazone groups is 1. The topological polar surface area (TPSA) is 85.1 Å². The number of carbonyl (C=O) groups is 1. The van der Waals surface area contributed by atoms with Crippen LogP contribution in [0.2, 0.25) is 0 Å². The van der Waals surface area contributed by atoms with Crippen molar-refractivity contribution in [1.82, 2.24) is 25.6 Å². The molecule has 3 aromatic rings. The molecule has 0 aliphatic carbocycles. The molecule has 0 aliphatic heterocycles. The molecule has 1 amide bonds. The minimum Gasteiger partial charge on any atom is -0.267 e. The number of nitrogens with zero attached hydrogens (tertiary/aromatic N) is 5. The second kappa shape index (κ2) is 6.82. The molecule has 3 rings (SSSR count). The Hall–Kier alpha value is -3.35. The van der Waals surface area contributed by atoms with Gasteiger partial charge in [0.15, 0.2) is 0 Å². The molecule has 0 saturated heterocycles. The highest BCUT2D eigenvalue weighted by atomic mass is 16.2. The van der Waals surface area contributed by atoms with Crippen LogP contribution in [0.1, 0.15) is 28.4 Å². The summed E-state index contributed by atoms with van der Waals surface area (Å²) in [5.74, 6) is -0.232. The van der Waals surface area contributed by atoms with E-state index in [0.29, 0.717) is 11.3 Å². The number of rotatable bonds is 4. The number of hydrogen-bond acceptors (Lipinski definition) is 5. The second-order valence-corrected chi connectivity index (χ2v) is 5.26. The van der Waals surface area contributed by atoms with E-state index in [1.54, 1.807) is 10.7 Å². The predicted octanol–water partition coefficient (Wildman–Crippen LogP) is 2.12. The van der Waals surface area contributed by atoms with E-state index in [1.165, 1.54) is 6.33 Å². The molecule has 0 aliphatic rings.